The molecule has 0 heterocycles. The Morgan fingerprint density at radius 3 is 2.32 bits per heavy atom. The highest BCUT2D eigenvalue weighted by atomic mass is 79.9. The molecule has 22 heavy (non-hydrogen) atoms. The van der Waals surface area contributed by atoms with Gasteiger partial charge in [0.05, 0.1) is 10.4 Å². The molecule has 0 radical (unpaired) electrons. The Morgan fingerprint density at radius 1 is 1.09 bits per heavy atom. The van der Waals surface area contributed by atoms with E-state index in [9.17, 15) is 8.42 Å². The third-order valence-electron chi connectivity index (χ3n) is 3.29. The van der Waals surface area contributed by atoms with Crippen LogP contribution >= 0.6 is 15.9 Å². The van der Waals surface area contributed by atoms with Crippen molar-refractivity contribution in [2.24, 2.45) is 0 Å². The van der Waals surface area contributed by atoms with Crippen LogP contribution in [-0.2, 0) is 10.0 Å². The standard InChI is InChI=1S/C16H19BrN2O2S/c1-16(2,3)22(20,21)19-15-7-5-4-6-12(15)11-8-9-14(18)13(17)10-11/h4-10,19H,18H2,1-3H3. The van der Waals surface area contributed by atoms with E-state index in [-0.39, 0.29) is 0 Å². The maximum atomic E-state index is 12.4. The van der Waals surface area contributed by atoms with E-state index in [4.69, 9.17) is 5.73 Å². The molecule has 6 heteroatoms. The molecule has 0 aliphatic rings. The number of hydrogen-bond acceptors (Lipinski definition) is 3. The number of halogens is 1. The van der Waals surface area contributed by atoms with Gasteiger partial charge < -0.3 is 5.73 Å². The normalized spacial score (nSPS) is 12.2. The zero-order valence-corrected chi connectivity index (χ0v) is 15.1. The van der Waals surface area contributed by atoms with Gasteiger partial charge in [0.15, 0.2) is 0 Å². The number of benzene rings is 2. The summed E-state index contributed by atoms with van der Waals surface area (Å²) in [6.45, 7) is 4.99. The quantitative estimate of drug-likeness (QED) is 0.779. The Bertz CT molecular complexity index is 796. The SMILES string of the molecule is CC(C)(C)S(=O)(=O)Nc1ccccc1-c1ccc(N)c(Br)c1. The van der Waals surface area contributed by atoms with Crippen LogP contribution in [0.2, 0.25) is 0 Å². The summed E-state index contributed by atoms with van der Waals surface area (Å²) in [6, 6.07) is 12.8. The number of sulfonamides is 1. The molecule has 0 saturated heterocycles. The van der Waals surface area contributed by atoms with Crippen LogP contribution < -0.4 is 10.5 Å². The molecule has 2 rings (SSSR count). The first-order valence-corrected chi connectivity index (χ1v) is 9.06. The Morgan fingerprint density at radius 2 is 1.73 bits per heavy atom. The number of anilines is 2. The fourth-order valence-corrected chi connectivity index (χ4v) is 2.97. The lowest BCUT2D eigenvalue weighted by Gasteiger charge is -2.22. The van der Waals surface area contributed by atoms with Crippen LogP contribution in [0.25, 0.3) is 11.1 Å². The molecule has 2 aromatic rings. The highest BCUT2D eigenvalue weighted by Gasteiger charge is 2.29. The average molecular weight is 383 g/mol. The van der Waals surface area contributed by atoms with Crippen LogP contribution in [0.4, 0.5) is 11.4 Å². The first kappa shape index (κ1) is 16.8. The lowest BCUT2D eigenvalue weighted by atomic mass is 10.0. The van der Waals surface area contributed by atoms with Crippen molar-refractivity contribution in [1.29, 1.82) is 0 Å². The van der Waals surface area contributed by atoms with Crippen LogP contribution in [0.3, 0.4) is 0 Å². The van der Waals surface area contributed by atoms with Gasteiger partial charge in [-0.3, -0.25) is 4.72 Å². The minimum absolute atomic E-state index is 0.550. The highest BCUT2D eigenvalue weighted by Crippen LogP contribution is 2.33. The summed E-state index contributed by atoms with van der Waals surface area (Å²) in [6.07, 6.45) is 0. The van der Waals surface area contributed by atoms with Gasteiger partial charge in [0.1, 0.15) is 0 Å². The van der Waals surface area contributed by atoms with Crippen LogP contribution in [0.15, 0.2) is 46.9 Å². The average Bonchev–Trinajstić information content (AvgIpc) is 2.41. The summed E-state index contributed by atoms with van der Waals surface area (Å²) in [5.41, 5.74) is 8.68. The van der Waals surface area contributed by atoms with Crippen LogP contribution in [0, 0.1) is 0 Å². The Balaban J connectivity index is 2.50. The Kier molecular flexibility index (Phi) is 4.54. The molecular formula is C16H19BrN2O2S. The number of nitrogen functional groups attached to an aromatic ring is 1. The molecule has 0 saturated carbocycles. The number of nitrogens with one attached hydrogen (secondary N) is 1. The summed E-state index contributed by atoms with van der Waals surface area (Å²) in [4.78, 5) is 0. The van der Waals surface area contributed by atoms with Gasteiger partial charge in [-0.2, -0.15) is 0 Å². The maximum absolute atomic E-state index is 12.4. The molecule has 0 bridgehead atoms. The number of nitrogens with two attached hydrogens (primary N) is 1. The minimum Gasteiger partial charge on any atom is -0.398 e. The third-order valence-corrected chi connectivity index (χ3v) is 6.08. The lowest BCUT2D eigenvalue weighted by Crippen LogP contribution is -2.33. The maximum Gasteiger partial charge on any atom is 0.237 e. The summed E-state index contributed by atoms with van der Waals surface area (Å²) in [5.74, 6) is 0. The summed E-state index contributed by atoms with van der Waals surface area (Å²) in [5, 5.41) is 0. The van der Waals surface area contributed by atoms with Crippen LogP contribution in [0.5, 0.6) is 0 Å². The van der Waals surface area contributed by atoms with E-state index in [1.54, 1.807) is 39.0 Å². The molecule has 0 amide bonds. The predicted molar refractivity (Wildman–Crippen MR) is 96.3 cm³/mol. The third kappa shape index (κ3) is 3.44. The summed E-state index contributed by atoms with van der Waals surface area (Å²) >= 11 is 3.40. The molecule has 0 aliphatic heterocycles. The van der Waals surface area contributed by atoms with Crippen molar-refractivity contribution in [2.75, 3.05) is 10.5 Å². The van der Waals surface area contributed by atoms with Crippen molar-refractivity contribution in [3.05, 3.63) is 46.9 Å². The van der Waals surface area contributed by atoms with Gasteiger partial charge in [0, 0.05) is 15.7 Å². The zero-order valence-electron chi connectivity index (χ0n) is 12.7. The molecule has 0 fully saturated rings. The predicted octanol–water partition coefficient (Wildman–Crippen LogP) is 4.24. The van der Waals surface area contributed by atoms with Gasteiger partial charge in [-0.15, -0.1) is 0 Å². The zero-order chi connectivity index (χ0) is 16.5. The summed E-state index contributed by atoms with van der Waals surface area (Å²) in [7, 11) is -3.49. The molecule has 0 atom stereocenters. The molecule has 118 valence electrons. The van der Waals surface area contributed by atoms with E-state index in [0.717, 1.165) is 15.6 Å². The van der Waals surface area contributed by atoms with Gasteiger partial charge in [-0.05, 0) is 60.5 Å². The van der Waals surface area contributed by atoms with Crippen molar-refractivity contribution < 1.29 is 8.42 Å². The van der Waals surface area contributed by atoms with Crippen molar-refractivity contribution >= 4 is 37.3 Å². The molecule has 0 aliphatic carbocycles. The van der Waals surface area contributed by atoms with E-state index < -0.39 is 14.8 Å². The van der Waals surface area contributed by atoms with Crippen molar-refractivity contribution in [3.63, 3.8) is 0 Å². The van der Waals surface area contributed by atoms with Gasteiger partial charge in [0.25, 0.3) is 0 Å². The second-order valence-electron chi connectivity index (χ2n) is 6.00. The first-order valence-electron chi connectivity index (χ1n) is 6.78. The second-order valence-corrected chi connectivity index (χ2v) is 9.29. The number of para-hydroxylation sites is 1. The molecule has 0 unspecified atom stereocenters. The smallest absolute Gasteiger partial charge is 0.237 e. The fourth-order valence-electron chi connectivity index (χ4n) is 1.82. The van der Waals surface area contributed by atoms with Gasteiger partial charge >= 0.3 is 0 Å². The van der Waals surface area contributed by atoms with E-state index in [1.165, 1.54) is 0 Å². The molecule has 4 nitrogen and oxygen atoms in total. The van der Waals surface area contributed by atoms with Crippen LogP contribution in [-0.4, -0.2) is 13.2 Å². The van der Waals surface area contributed by atoms with E-state index in [1.807, 2.05) is 24.3 Å². The number of hydrogen-bond donors (Lipinski definition) is 2. The minimum atomic E-state index is -3.49. The van der Waals surface area contributed by atoms with Gasteiger partial charge in [-0.25, -0.2) is 8.42 Å². The van der Waals surface area contributed by atoms with Gasteiger partial charge in [-0.1, -0.05) is 24.3 Å². The molecule has 0 spiro atoms. The Hall–Kier alpha value is -1.53. The molecule has 2 aromatic carbocycles. The first-order chi connectivity index (χ1) is 10.1. The monoisotopic (exact) mass is 382 g/mol. The molecule has 0 aromatic heterocycles. The molecule has 3 N–H and O–H groups in total. The molecular weight excluding hydrogens is 364 g/mol. The van der Waals surface area contributed by atoms with Crippen molar-refractivity contribution in [1.82, 2.24) is 0 Å². The van der Waals surface area contributed by atoms with Crippen molar-refractivity contribution in [2.45, 2.75) is 25.5 Å². The highest BCUT2D eigenvalue weighted by molar-refractivity contribution is 9.10. The van der Waals surface area contributed by atoms with E-state index >= 15 is 0 Å². The lowest BCUT2D eigenvalue weighted by molar-refractivity contribution is 0.566. The number of rotatable bonds is 3. The van der Waals surface area contributed by atoms with E-state index in [2.05, 4.69) is 20.7 Å². The summed E-state index contributed by atoms with van der Waals surface area (Å²) < 4.78 is 27.3. The topological polar surface area (TPSA) is 72.2 Å². The van der Waals surface area contributed by atoms with Gasteiger partial charge in [0.2, 0.25) is 10.0 Å². The second kappa shape index (κ2) is 5.93. The fraction of sp³-hybridized carbons (Fsp3) is 0.250. The Labute approximate surface area is 139 Å². The van der Waals surface area contributed by atoms with Crippen LogP contribution in [0.1, 0.15) is 20.8 Å². The van der Waals surface area contributed by atoms with Crippen molar-refractivity contribution in [3.8, 4) is 11.1 Å². The largest absolute Gasteiger partial charge is 0.398 e. The van der Waals surface area contributed by atoms with E-state index in [0.29, 0.717) is 11.4 Å².